The van der Waals surface area contributed by atoms with E-state index in [-0.39, 0.29) is 0 Å². The molecule has 0 saturated carbocycles. The third kappa shape index (κ3) is 1.67. The van der Waals surface area contributed by atoms with Crippen LogP contribution in [0.25, 0.3) is 12.2 Å². The molecule has 1 aromatic heterocycles. The first-order valence-corrected chi connectivity index (χ1v) is 3.24. The van der Waals surface area contributed by atoms with Gasteiger partial charge in [0.05, 0.1) is 6.20 Å². The number of hydrogen-bond acceptors (Lipinski definition) is 2. The molecule has 0 saturated heterocycles. The van der Waals surface area contributed by atoms with Gasteiger partial charge in [0, 0.05) is 5.22 Å². The Labute approximate surface area is 64.8 Å². The second-order valence-corrected chi connectivity index (χ2v) is 1.95. The highest BCUT2D eigenvalue weighted by molar-refractivity contribution is 5.38. The largest absolute Gasteiger partial charge is 0.356 e. The molecule has 1 aromatic rings. The van der Waals surface area contributed by atoms with Gasteiger partial charge in [0.1, 0.15) is 0 Å². The van der Waals surface area contributed by atoms with Crippen molar-refractivity contribution < 1.29 is 4.52 Å². The van der Waals surface area contributed by atoms with Crippen molar-refractivity contribution in [3.05, 3.63) is 42.1 Å². The van der Waals surface area contributed by atoms with E-state index in [1.807, 2.05) is 6.08 Å². The first-order chi connectivity index (χ1) is 5.38. The van der Waals surface area contributed by atoms with E-state index in [4.69, 9.17) is 4.52 Å². The molecule has 0 bridgehead atoms. The van der Waals surface area contributed by atoms with Gasteiger partial charge in [-0.15, -0.1) is 0 Å². The van der Waals surface area contributed by atoms with Crippen molar-refractivity contribution >= 4 is 12.2 Å². The van der Waals surface area contributed by atoms with E-state index in [2.05, 4.69) is 18.3 Å². The van der Waals surface area contributed by atoms with Gasteiger partial charge in [0.2, 0.25) is 0 Å². The van der Waals surface area contributed by atoms with Crippen LogP contribution in [0.15, 0.2) is 36.0 Å². The lowest BCUT2D eigenvalue weighted by molar-refractivity contribution is 0.394. The topological polar surface area (TPSA) is 26.0 Å². The Morgan fingerprint density at radius 2 is 2.00 bits per heavy atom. The fourth-order valence-electron chi connectivity index (χ4n) is 0.742. The van der Waals surface area contributed by atoms with Gasteiger partial charge in [-0.2, -0.15) is 0 Å². The molecule has 0 aliphatic heterocycles. The van der Waals surface area contributed by atoms with E-state index in [1.54, 1.807) is 24.4 Å². The lowest BCUT2D eigenvalue weighted by atomic mass is 10.4. The molecule has 0 aliphatic rings. The number of allylic oxidation sites excluding steroid dienone is 2. The van der Waals surface area contributed by atoms with E-state index in [1.165, 1.54) is 0 Å². The molecule has 0 unspecified atom stereocenters. The Kier molecular flexibility index (Phi) is 2.44. The number of aromatic nitrogens is 1. The smallest absolute Gasteiger partial charge is 0.166 e. The Balaban J connectivity index is 3.38. The quantitative estimate of drug-likeness (QED) is 0.612. The molecule has 0 radical (unpaired) electrons. The van der Waals surface area contributed by atoms with Gasteiger partial charge in [0.15, 0.2) is 5.42 Å². The summed E-state index contributed by atoms with van der Waals surface area (Å²) >= 11 is 0. The molecule has 0 aliphatic carbocycles. The third-order valence-electron chi connectivity index (χ3n) is 1.19. The lowest BCUT2D eigenvalue weighted by Crippen LogP contribution is -2.17. The summed E-state index contributed by atoms with van der Waals surface area (Å²) in [7, 11) is 0. The molecule has 11 heavy (non-hydrogen) atoms. The van der Waals surface area contributed by atoms with Gasteiger partial charge >= 0.3 is 0 Å². The second kappa shape index (κ2) is 3.56. The highest BCUT2D eigenvalue weighted by Crippen LogP contribution is 1.68. The lowest BCUT2D eigenvalue weighted by Gasteiger charge is -1.70. The molecule has 0 amide bonds. The maximum atomic E-state index is 4.90. The minimum Gasteiger partial charge on any atom is -0.356 e. The Hall–Kier alpha value is -1.57. The first kappa shape index (κ1) is 7.54. The van der Waals surface area contributed by atoms with Gasteiger partial charge in [-0.3, -0.25) is 0 Å². The van der Waals surface area contributed by atoms with Gasteiger partial charge in [-0.25, -0.2) is 0 Å². The zero-order valence-corrected chi connectivity index (χ0v) is 6.16. The van der Waals surface area contributed by atoms with Crippen LogP contribution >= 0.6 is 0 Å². The monoisotopic (exact) mass is 147 g/mol. The van der Waals surface area contributed by atoms with Crippen molar-refractivity contribution in [1.82, 2.24) is 5.16 Å². The molecular formula is C9H9NO. The second-order valence-electron chi connectivity index (χ2n) is 1.95. The van der Waals surface area contributed by atoms with Crippen molar-refractivity contribution in [3.63, 3.8) is 0 Å². The number of hydrogen-bond donors (Lipinski definition) is 0. The predicted molar refractivity (Wildman–Crippen MR) is 45.1 cm³/mol. The van der Waals surface area contributed by atoms with Crippen molar-refractivity contribution in [1.29, 1.82) is 0 Å². The molecule has 2 nitrogen and oxygen atoms in total. The van der Waals surface area contributed by atoms with E-state index < -0.39 is 0 Å². The Morgan fingerprint density at radius 3 is 2.64 bits per heavy atom. The van der Waals surface area contributed by atoms with E-state index >= 15 is 0 Å². The van der Waals surface area contributed by atoms with Crippen molar-refractivity contribution in [3.8, 4) is 0 Å². The first-order valence-electron chi connectivity index (χ1n) is 3.24. The van der Waals surface area contributed by atoms with Crippen LogP contribution in [0.5, 0.6) is 0 Å². The maximum Gasteiger partial charge on any atom is 0.166 e. The maximum absolute atomic E-state index is 4.90. The van der Waals surface area contributed by atoms with Gasteiger partial charge < -0.3 is 4.52 Å². The molecule has 0 aromatic carbocycles. The average molecular weight is 147 g/mol. The summed E-state index contributed by atoms with van der Waals surface area (Å²) in [6.07, 6.45) is 8.55. The summed E-state index contributed by atoms with van der Waals surface area (Å²) in [6, 6.07) is 0. The Morgan fingerprint density at radius 1 is 1.27 bits per heavy atom. The third-order valence-corrected chi connectivity index (χ3v) is 1.19. The Bertz CT molecular complexity index is 325. The fourth-order valence-corrected chi connectivity index (χ4v) is 0.742. The van der Waals surface area contributed by atoms with Gasteiger partial charge in [-0.1, -0.05) is 36.5 Å². The standard InChI is InChI=1S/C9H9NO/c1-3-5-8-7-10-11-9(8)6-4-2/h3-7H,1-2H2/b8-5-,9-6+. The summed E-state index contributed by atoms with van der Waals surface area (Å²) in [5, 5.41) is 4.54. The van der Waals surface area contributed by atoms with E-state index in [0.29, 0.717) is 5.42 Å². The van der Waals surface area contributed by atoms with Crippen LogP contribution in [0.2, 0.25) is 0 Å². The average Bonchev–Trinajstić information content (AvgIpc) is 2.39. The molecule has 2 heteroatoms. The molecule has 0 spiro atoms. The molecule has 56 valence electrons. The fraction of sp³-hybridized carbons (Fsp3) is 0. The van der Waals surface area contributed by atoms with Crippen LogP contribution in [0.3, 0.4) is 0 Å². The predicted octanol–water partition coefficient (Wildman–Crippen LogP) is 0.608. The normalized spacial score (nSPS) is 13.5. The zero-order chi connectivity index (χ0) is 8.10. The molecule has 1 heterocycles. The van der Waals surface area contributed by atoms with E-state index in [0.717, 1.165) is 5.22 Å². The van der Waals surface area contributed by atoms with Crippen molar-refractivity contribution in [2.24, 2.45) is 0 Å². The van der Waals surface area contributed by atoms with Crippen molar-refractivity contribution in [2.45, 2.75) is 0 Å². The van der Waals surface area contributed by atoms with Crippen LogP contribution in [-0.2, 0) is 0 Å². The van der Waals surface area contributed by atoms with Crippen LogP contribution in [-0.4, -0.2) is 5.16 Å². The van der Waals surface area contributed by atoms with Gasteiger partial charge in [0.25, 0.3) is 0 Å². The van der Waals surface area contributed by atoms with Crippen LogP contribution in [0.4, 0.5) is 0 Å². The molecule has 0 fully saturated rings. The molecule has 0 N–H and O–H groups in total. The molecule has 1 rings (SSSR count). The minimum absolute atomic E-state index is 0.708. The highest BCUT2D eigenvalue weighted by Gasteiger charge is 1.85. The van der Waals surface area contributed by atoms with E-state index in [9.17, 15) is 0 Å². The highest BCUT2D eigenvalue weighted by atomic mass is 16.5. The SMILES string of the molecule is C=C/C=c1/cno/c1=C/C=C. The van der Waals surface area contributed by atoms with Gasteiger partial charge in [-0.05, 0) is 6.08 Å². The summed E-state index contributed by atoms with van der Waals surface area (Å²) < 4.78 is 4.90. The summed E-state index contributed by atoms with van der Waals surface area (Å²) in [6.45, 7) is 7.13. The molecule has 0 atom stereocenters. The zero-order valence-electron chi connectivity index (χ0n) is 6.16. The molecular weight excluding hydrogens is 138 g/mol. The summed E-state index contributed by atoms with van der Waals surface area (Å²) in [5.41, 5.74) is 0.708. The summed E-state index contributed by atoms with van der Waals surface area (Å²) in [5.74, 6) is 0. The van der Waals surface area contributed by atoms with Crippen LogP contribution in [0.1, 0.15) is 0 Å². The number of nitrogens with zero attached hydrogens (tertiary/aromatic N) is 1. The number of rotatable bonds is 2. The van der Waals surface area contributed by atoms with Crippen LogP contribution < -0.4 is 10.6 Å². The van der Waals surface area contributed by atoms with Crippen LogP contribution in [0, 0.1) is 0 Å². The summed E-state index contributed by atoms with van der Waals surface area (Å²) in [4.78, 5) is 0. The van der Waals surface area contributed by atoms with Crippen molar-refractivity contribution in [2.75, 3.05) is 0 Å². The minimum atomic E-state index is 0.708.